The van der Waals surface area contributed by atoms with Crippen LogP contribution in [0.25, 0.3) is 0 Å². The number of carbonyl (C=O) groups excluding carboxylic acids is 1. The summed E-state index contributed by atoms with van der Waals surface area (Å²) in [6.07, 6.45) is 9.25. The number of amides is 1. The van der Waals surface area contributed by atoms with Crippen molar-refractivity contribution in [1.82, 2.24) is 14.9 Å². The van der Waals surface area contributed by atoms with Gasteiger partial charge in [-0.1, -0.05) is 6.07 Å². The molecule has 126 valence electrons. The number of nitrogens with zero attached hydrogens (tertiary/aromatic N) is 3. The Morgan fingerprint density at radius 2 is 2.08 bits per heavy atom. The Morgan fingerprint density at radius 3 is 2.75 bits per heavy atom. The molecule has 6 nitrogen and oxygen atoms in total. The minimum Gasteiger partial charge on any atom is -0.377 e. The van der Waals surface area contributed by atoms with Crippen LogP contribution in [0.3, 0.4) is 0 Å². The number of nitrogens with one attached hydrogen (secondary N) is 1. The van der Waals surface area contributed by atoms with Crippen LogP contribution in [-0.4, -0.2) is 46.6 Å². The quantitative estimate of drug-likeness (QED) is 0.844. The first-order chi connectivity index (χ1) is 11.8. The highest BCUT2D eigenvalue weighted by atomic mass is 16.5. The molecule has 3 heterocycles. The molecule has 2 aromatic heterocycles. The van der Waals surface area contributed by atoms with E-state index in [9.17, 15) is 4.79 Å². The maximum Gasteiger partial charge on any atom is 0.238 e. The lowest BCUT2D eigenvalue weighted by Crippen LogP contribution is -2.38. The minimum absolute atomic E-state index is 0.0510. The van der Waals surface area contributed by atoms with E-state index in [1.54, 1.807) is 24.7 Å². The molecular weight excluding hydrogens is 304 g/mol. The molecule has 0 radical (unpaired) electrons. The van der Waals surface area contributed by atoms with Gasteiger partial charge in [0.1, 0.15) is 0 Å². The van der Waals surface area contributed by atoms with Crippen LogP contribution in [0.15, 0.2) is 49.1 Å². The molecule has 1 atom stereocenters. The van der Waals surface area contributed by atoms with Crippen molar-refractivity contribution in [3.05, 3.63) is 54.6 Å². The van der Waals surface area contributed by atoms with Crippen molar-refractivity contribution in [1.29, 1.82) is 0 Å². The van der Waals surface area contributed by atoms with E-state index >= 15 is 0 Å². The average molecular weight is 326 g/mol. The first-order valence-corrected chi connectivity index (χ1v) is 8.22. The second-order valence-corrected chi connectivity index (χ2v) is 5.96. The molecule has 1 aliphatic rings. The van der Waals surface area contributed by atoms with Crippen molar-refractivity contribution in [2.75, 3.05) is 25.0 Å². The fourth-order valence-corrected chi connectivity index (χ4v) is 2.85. The summed E-state index contributed by atoms with van der Waals surface area (Å²) in [4.78, 5) is 22.6. The van der Waals surface area contributed by atoms with Gasteiger partial charge in [0.05, 0.1) is 24.5 Å². The fraction of sp³-hybridized carbons (Fsp3) is 0.389. The van der Waals surface area contributed by atoms with Gasteiger partial charge in [-0.2, -0.15) is 0 Å². The van der Waals surface area contributed by atoms with E-state index in [2.05, 4.69) is 20.2 Å². The highest BCUT2D eigenvalue weighted by Crippen LogP contribution is 2.15. The fourth-order valence-electron chi connectivity index (χ4n) is 2.85. The number of pyridine rings is 2. The molecular formula is C18H22N4O2. The van der Waals surface area contributed by atoms with Crippen molar-refractivity contribution in [3.63, 3.8) is 0 Å². The average Bonchev–Trinajstić information content (AvgIpc) is 3.09. The van der Waals surface area contributed by atoms with Gasteiger partial charge in [0, 0.05) is 38.3 Å². The van der Waals surface area contributed by atoms with Crippen LogP contribution in [0.2, 0.25) is 0 Å². The maximum atomic E-state index is 12.3. The normalized spacial score (nSPS) is 17.1. The van der Waals surface area contributed by atoms with Crippen molar-refractivity contribution in [2.24, 2.45) is 0 Å². The Balaban J connectivity index is 1.61. The first-order valence-electron chi connectivity index (χ1n) is 8.22. The van der Waals surface area contributed by atoms with Gasteiger partial charge in [0.25, 0.3) is 0 Å². The smallest absolute Gasteiger partial charge is 0.238 e. The number of rotatable bonds is 7. The van der Waals surface area contributed by atoms with E-state index < -0.39 is 0 Å². The number of anilines is 1. The first kappa shape index (κ1) is 16.5. The predicted octanol–water partition coefficient (Wildman–Crippen LogP) is 2.10. The van der Waals surface area contributed by atoms with Gasteiger partial charge in [-0.05, 0) is 36.6 Å². The third-order valence-corrected chi connectivity index (χ3v) is 3.93. The monoisotopic (exact) mass is 326 g/mol. The molecule has 3 rings (SSSR count). The van der Waals surface area contributed by atoms with E-state index in [1.807, 2.05) is 24.4 Å². The Kier molecular flexibility index (Phi) is 5.87. The maximum absolute atomic E-state index is 12.3. The van der Waals surface area contributed by atoms with Gasteiger partial charge in [-0.3, -0.25) is 19.7 Å². The van der Waals surface area contributed by atoms with Crippen LogP contribution < -0.4 is 5.32 Å². The van der Waals surface area contributed by atoms with E-state index in [0.29, 0.717) is 18.8 Å². The van der Waals surface area contributed by atoms with E-state index in [1.165, 1.54) is 0 Å². The summed E-state index contributed by atoms with van der Waals surface area (Å²) in [5.74, 6) is -0.0510. The predicted molar refractivity (Wildman–Crippen MR) is 91.4 cm³/mol. The molecule has 24 heavy (non-hydrogen) atoms. The van der Waals surface area contributed by atoms with Gasteiger partial charge >= 0.3 is 0 Å². The third kappa shape index (κ3) is 5.11. The molecule has 1 fully saturated rings. The lowest BCUT2D eigenvalue weighted by Gasteiger charge is -2.24. The molecule has 0 spiro atoms. The molecule has 0 bridgehead atoms. The van der Waals surface area contributed by atoms with Gasteiger partial charge in [0.15, 0.2) is 0 Å². The van der Waals surface area contributed by atoms with Gasteiger partial charge in [-0.25, -0.2) is 0 Å². The number of ether oxygens (including phenoxy) is 1. The lowest BCUT2D eigenvalue weighted by molar-refractivity contribution is -0.117. The van der Waals surface area contributed by atoms with Gasteiger partial charge < -0.3 is 10.1 Å². The Bertz CT molecular complexity index is 630. The highest BCUT2D eigenvalue weighted by Gasteiger charge is 2.21. The second-order valence-electron chi connectivity index (χ2n) is 5.96. The summed E-state index contributed by atoms with van der Waals surface area (Å²) in [5.41, 5.74) is 1.80. The summed E-state index contributed by atoms with van der Waals surface area (Å²) in [6, 6.07) is 7.57. The minimum atomic E-state index is -0.0510. The summed E-state index contributed by atoms with van der Waals surface area (Å²) < 4.78 is 5.72. The zero-order valence-corrected chi connectivity index (χ0v) is 13.6. The van der Waals surface area contributed by atoms with E-state index in [0.717, 1.165) is 31.6 Å². The number of aromatic nitrogens is 2. The van der Waals surface area contributed by atoms with Crippen LogP contribution in [0.4, 0.5) is 5.69 Å². The number of hydrogen-bond donors (Lipinski definition) is 1. The standard InChI is InChI=1S/C18H22N4O2/c23-18(21-16-5-2-8-20-11-16)14-22(13-17-6-3-9-24-17)12-15-4-1-7-19-10-15/h1-2,4-5,7-8,10-11,17H,3,6,9,12-14H2,(H,21,23)/t17-/m0/s1. The van der Waals surface area contributed by atoms with Crippen molar-refractivity contribution in [3.8, 4) is 0 Å². The summed E-state index contributed by atoms with van der Waals surface area (Å²) in [5, 5.41) is 2.88. The molecule has 1 aliphatic heterocycles. The Hall–Kier alpha value is -2.31. The second kappa shape index (κ2) is 8.52. The summed E-state index contributed by atoms with van der Waals surface area (Å²) in [6.45, 7) is 2.54. The van der Waals surface area contributed by atoms with Crippen molar-refractivity contribution >= 4 is 11.6 Å². The third-order valence-electron chi connectivity index (χ3n) is 3.93. The van der Waals surface area contributed by atoms with E-state index in [4.69, 9.17) is 4.74 Å². The van der Waals surface area contributed by atoms with Crippen LogP contribution in [0, 0.1) is 0 Å². The molecule has 1 saturated heterocycles. The summed E-state index contributed by atoms with van der Waals surface area (Å²) in [7, 11) is 0. The molecule has 0 saturated carbocycles. The lowest BCUT2D eigenvalue weighted by atomic mass is 10.2. The van der Waals surface area contributed by atoms with Crippen molar-refractivity contribution < 1.29 is 9.53 Å². The largest absolute Gasteiger partial charge is 0.377 e. The molecule has 0 aliphatic carbocycles. The molecule has 6 heteroatoms. The van der Waals surface area contributed by atoms with E-state index in [-0.39, 0.29) is 12.0 Å². The van der Waals surface area contributed by atoms with Gasteiger partial charge in [0.2, 0.25) is 5.91 Å². The van der Waals surface area contributed by atoms with Crippen molar-refractivity contribution in [2.45, 2.75) is 25.5 Å². The number of carbonyl (C=O) groups is 1. The number of hydrogen-bond acceptors (Lipinski definition) is 5. The molecule has 1 N–H and O–H groups in total. The zero-order chi connectivity index (χ0) is 16.6. The molecule has 2 aromatic rings. The van der Waals surface area contributed by atoms with Crippen LogP contribution >= 0.6 is 0 Å². The van der Waals surface area contributed by atoms with Crippen LogP contribution in [0.1, 0.15) is 18.4 Å². The van der Waals surface area contributed by atoms with Gasteiger partial charge in [-0.15, -0.1) is 0 Å². The topological polar surface area (TPSA) is 67.4 Å². The molecule has 0 aromatic carbocycles. The summed E-state index contributed by atoms with van der Waals surface area (Å²) >= 11 is 0. The molecule has 1 amide bonds. The SMILES string of the molecule is O=C(CN(Cc1cccnc1)C[C@@H]1CCCO1)Nc1cccnc1. The highest BCUT2D eigenvalue weighted by molar-refractivity contribution is 5.92. The van der Waals surface area contributed by atoms with Crippen LogP contribution in [-0.2, 0) is 16.1 Å². The zero-order valence-electron chi connectivity index (χ0n) is 13.6. The Labute approximate surface area is 141 Å². The van der Waals surface area contributed by atoms with Crippen LogP contribution in [0.5, 0.6) is 0 Å². The molecule has 0 unspecified atom stereocenters. The Morgan fingerprint density at radius 1 is 1.25 bits per heavy atom.